The smallest absolute Gasteiger partial charge is 0.0997 e. The fraction of sp³-hybridized carbons (Fsp3) is 0.692. The van der Waals surface area contributed by atoms with Gasteiger partial charge >= 0.3 is 0 Å². The first kappa shape index (κ1) is 10.9. The third-order valence-electron chi connectivity index (χ3n) is 3.47. The fourth-order valence-electron chi connectivity index (χ4n) is 2.69. The van der Waals surface area contributed by atoms with Crippen LogP contribution < -0.4 is 0 Å². The van der Waals surface area contributed by atoms with Gasteiger partial charge in [0.25, 0.3) is 0 Å². The minimum absolute atomic E-state index is 0.266. The first-order valence-electron chi connectivity index (χ1n) is 5.96. The average molecular weight is 208 g/mol. The Hall–Kier alpha value is -0.600. The standard InChI is InChI=1S/C13H20O2/c1-3-5-7-11-10(6-4-2)12-8-9-13(11)15-14-12/h4-5,7,10-13H,2-3,6,8-9H2,1H3/b7-5+/t10-,11?,12+,13-/m1/s1. The van der Waals surface area contributed by atoms with Crippen molar-refractivity contribution in [2.45, 2.75) is 44.8 Å². The van der Waals surface area contributed by atoms with Crippen molar-refractivity contribution in [1.29, 1.82) is 0 Å². The molecule has 0 aromatic carbocycles. The van der Waals surface area contributed by atoms with Crippen LogP contribution in [0.25, 0.3) is 0 Å². The molecule has 0 amide bonds. The summed E-state index contributed by atoms with van der Waals surface area (Å²) in [6.45, 7) is 6.00. The molecule has 0 N–H and O–H groups in total. The lowest BCUT2D eigenvalue weighted by molar-refractivity contribution is -0.419. The molecule has 2 aliphatic heterocycles. The topological polar surface area (TPSA) is 18.5 Å². The van der Waals surface area contributed by atoms with E-state index in [9.17, 15) is 0 Å². The van der Waals surface area contributed by atoms with Gasteiger partial charge in [-0.05, 0) is 25.7 Å². The molecule has 2 bridgehead atoms. The third-order valence-corrected chi connectivity index (χ3v) is 3.47. The Morgan fingerprint density at radius 3 is 2.60 bits per heavy atom. The highest BCUT2D eigenvalue weighted by molar-refractivity contribution is 5.03. The molecule has 3 aliphatic rings. The van der Waals surface area contributed by atoms with Crippen molar-refractivity contribution in [3.05, 3.63) is 24.8 Å². The molecule has 2 heteroatoms. The molecule has 1 saturated carbocycles. The van der Waals surface area contributed by atoms with Gasteiger partial charge in [0.05, 0.1) is 12.2 Å². The summed E-state index contributed by atoms with van der Waals surface area (Å²) in [6, 6.07) is 0. The van der Waals surface area contributed by atoms with E-state index in [2.05, 4.69) is 25.7 Å². The largest absolute Gasteiger partial charge is 0.233 e. The third kappa shape index (κ3) is 2.16. The first-order chi connectivity index (χ1) is 7.36. The minimum atomic E-state index is 0.266. The van der Waals surface area contributed by atoms with Crippen LogP contribution in [-0.4, -0.2) is 12.2 Å². The highest BCUT2D eigenvalue weighted by atomic mass is 17.2. The van der Waals surface area contributed by atoms with Crippen LogP contribution in [0.15, 0.2) is 24.8 Å². The average Bonchev–Trinajstić information content (AvgIpc) is 2.29. The molecule has 2 saturated heterocycles. The molecule has 0 spiro atoms. The van der Waals surface area contributed by atoms with Crippen LogP contribution in [0, 0.1) is 11.8 Å². The quantitative estimate of drug-likeness (QED) is 0.521. The zero-order valence-electron chi connectivity index (χ0n) is 9.39. The van der Waals surface area contributed by atoms with E-state index in [1.807, 2.05) is 6.08 Å². The Morgan fingerprint density at radius 2 is 2.00 bits per heavy atom. The molecule has 0 aromatic heterocycles. The van der Waals surface area contributed by atoms with Crippen molar-refractivity contribution in [3.63, 3.8) is 0 Å². The lowest BCUT2D eigenvalue weighted by Gasteiger charge is -2.45. The second kappa shape index (κ2) is 4.95. The monoisotopic (exact) mass is 208 g/mol. The van der Waals surface area contributed by atoms with Gasteiger partial charge in [0.2, 0.25) is 0 Å². The van der Waals surface area contributed by atoms with E-state index in [-0.39, 0.29) is 12.2 Å². The summed E-state index contributed by atoms with van der Waals surface area (Å²) in [4.78, 5) is 10.7. The Balaban J connectivity index is 2.09. The minimum Gasteiger partial charge on any atom is -0.233 e. The molecule has 2 nitrogen and oxygen atoms in total. The molecule has 3 fully saturated rings. The van der Waals surface area contributed by atoms with E-state index < -0.39 is 0 Å². The highest BCUT2D eigenvalue weighted by Gasteiger charge is 2.44. The second-order valence-corrected chi connectivity index (χ2v) is 4.45. The van der Waals surface area contributed by atoms with Gasteiger partial charge in [-0.15, -0.1) is 6.58 Å². The summed E-state index contributed by atoms with van der Waals surface area (Å²) in [6.07, 6.45) is 11.5. The summed E-state index contributed by atoms with van der Waals surface area (Å²) < 4.78 is 0. The van der Waals surface area contributed by atoms with Crippen molar-refractivity contribution < 1.29 is 9.78 Å². The SMILES string of the molecule is C=CC[C@@H]1C(/C=C/CC)[C@H]2CC[C@@H]1OO2. The van der Waals surface area contributed by atoms with Gasteiger partial charge in [0.15, 0.2) is 0 Å². The summed E-state index contributed by atoms with van der Waals surface area (Å²) in [5.74, 6) is 1.09. The number of hydrogen-bond donors (Lipinski definition) is 0. The van der Waals surface area contributed by atoms with Crippen molar-refractivity contribution in [3.8, 4) is 0 Å². The Morgan fingerprint density at radius 1 is 1.27 bits per heavy atom. The molecule has 4 atom stereocenters. The van der Waals surface area contributed by atoms with Crippen LogP contribution in [-0.2, 0) is 9.78 Å². The van der Waals surface area contributed by atoms with Crippen LogP contribution in [0.5, 0.6) is 0 Å². The van der Waals surface area contributed by atoms with Crippen molar-refractivity contribution in [2.75, 3.05) is 0 Å². The summed E-state index contributed by atoms with van der Waals surface area (Å²) in [5.41, 5.74) is 0. The van der Waals surface area contributed by atoms with Crippen LogP contribution in [0.4, 0.5) is 0 Å². The number of hydrogen-bond acceptors (Lipinski definition) is 2. The molecular formula is C13H20O2. The van der Waals surface area contributed by atoms with Crippen LogP contribution >= 0.6 is 0 Å². The van der Waals surface area contributed by atoms with Gasteiger partial charge < -0.3 is 0 Å². The van der Waals surface area contributed by atoms with E-state index in [1.165, 1.54) is 0 Å². The molecule has 3 rings (SSSR count). The van der Waals surface area contributed by atoms with Crippen molar-refractivity contribution in [2.24, 2.45) is 11.8 Å². The normalized spacial score (nSPS) is 39.8. The summed E-state index contributed by atoms with van der Waals surface area (Å²) in [7, 11) is 0. The summed E-state index contributed by atoms with van der Waals surface area (Å²) >= 11 is 0. The number of rotatable bonds is 4. The maximum absolute atomic E-state index is 5.38. The van der Waals surface area contributed by atoms with Crippen molar-refractivity contribution >= 4 is 0 Å². The maximum Gasteiger partial charge on any atom is 0.0997 e. The zero-order chi connectivity index (χ0) is 10.7. The van der Waals surface area contributed by atoms with E-state index in [1.54, 1.807) is 0 Å². The van der Waals surface area contributed by atoms with E-state index in [0.717, 1.165) is 25.7 Å². The van der Waals surface area contributed by atoms with Gasteiger partial charge in [-0.3, -0.25) is 0 Å². The second-order valence-electron chi connectivity index (χ2n) is 4.45. The molecule has 15 heavy (non-hydrogen) atoms. The fourth-order valence-corrected chi connectivity index (χ4v) is 2.69. The van der Waals surface area contributed by atoms with Gasteiger partial charge in [-0.1, -0.05) is 25.2 Å². The molecule has 1 unspecified atom stereocenters. The molecular weight excluding hydrogens is 188 g/mol. The lowest BCUT2D eigenvalue weighted by Crippen LogP contribution is -2.48. The number of fused-ring (bicyclic) bond motifs is 3. The van der Waals surface area contributed by atoms with Gasteiger partial charge in [0, 0.05) is 11.8 Å². The van der Waals surface area contributed by atoms with Gasteiger partial charge in [0.1, 0.15) is 0 Å². The van der Waals surface area contributed by atoms with Crippen LogP contribution in [0.3, 0.4) is 0 Å². The zero-order valence-corrected chi connectivity index (χ0v) is 9.39. The van der Waals surface area contributed by atoms with Crippen molar-refractivity contribution in [1.82, 2.24) is 0 Å². The Labute approximate surface area is 91.9 Å². The van der Waals surface area contributed by atoms with E-state index >= 15 is 0 Å². The predicted octanol–water partition coefficient (Wildman–Crippen LogP) is 3.25. The lowest BCUT2D eigenvalue weighted by atomic mass is 9.73. The Kier molecular flexibility index (Phi) is 3.60. The summed E-state index contributed by atoms with van der Waals surface area (Å²) in [5, 5.41) is 0. The van der Waals surface area contributed by atoms with Crippen LogP contribution in [0.2, 0.25) is 0 Å². The van der Waals surface area contributed by atoms with Crippen LogP contribution in [0.1, 0.15) is 32.6 Å². The highest BCUT2D eigenvalue weighted by Crippen LogP contribution is 2.42. The predicted molar refractivity (Wildman–Crippen MR) is 60.2 cm³/mol. The molecule has 0 aromatic rings. The van der Waals surface area contributed by atoms with Gasteiger partial charge in [-0.2, -0.15) is 0 Å². The Bertz CT molecular complexity index is 239. The van der Waals surface area contributed by atoms with Gasteiger partial charge in [-0.25, -0.2) is 9.78 Å². The first-order valence-corrected chi connectivity index (χ1v) is 5.96. The molecule has 1 aliphatic carbocycles. The molecule has 84 valence electrons. The van der Waals surface area contributed by atoms with E-state index in [4.69, 9.17) is 9.78 Å². The molecule has 0 radical (unpaired) electrons. The molecule has 2 heterocycles. The number of allylic oxidation sites excluding steroid dienone is 2. The van der Waals surface area contributed by atoms with E-state index in [0.29, 0.717) is 11.8 Å². The maximum atomic E-state index is 5.38.